The molecule has 1 aliphatic rings. The van der Waals surface area contributed by atoms with Gasteiger partial charge in [0.2, 0.25) is 0 Å². The first-order chi connectivity index (χ1) is 12.0. The molecule has 1 aromatic carbocycles. The Kier molecular flexibility index (Phi) is 7.45. The normalized spacial score (nSPS) is 18.1. The molecule has 1 N–H and O–H groups in total. The third-order valence-electron chi connectivity index (χ3n) is 5.53. The van der Waals surface area contributed by atoms with Crippen molar-refractivity contribution in [2.75, 3.05) is 26.2 Å². The number of ether oxygens (including phenoxy) is 1. The molecule has 0 bridgehead atoms. The van der Waals surface area contributed by atoms with E-state index < -0.39 is 11.6 Å². The zero-order valence-corrected chi connectivity index (χ0v) is 16.0. The Balaban J connectivity index is 2.15. The maximum atomic E-state index is 12.9. The van der Waals surface area contributed by atoms with Crippen LogP contribution in [0.2, 0.25) is 0 Å². The molecule has 1 fully saturated rings. The van der Waals surface area contributed by atoms with Gasteiger partial charge in [0.05, 0.1) is 0 Å². The molecule has 25 heavy (non-hydrogen) atoms. The van der Waals surface area contributed by atoms with E-state index in [4.69, 9.17) is 4.74 Å². The molecule has 1 aromatic rings. The van der Waals surface area contributed by atoms with Crippen LogP contribution in [0.3, 0.4) is 0 Å². The SMILES string of the molecule is CCN(CC)CCOC(=O)C(O)(c1ccc(C)cc1)C1CCCCC1. The van der Waals surface area contributed by atoms with Crippen molar-refractivity contribution in [3.8, 4) is 0 Å². The minimum absolute atomic E-state index is 0.0649. The Morgan fingerprint density at radius 2 is 1.76 bits per heavy atom. The molecule has 4 heteroatoms. The minimum atomic E-state index is -1.53. The molecule has 0 saturated heterocycles. The van der Waals surface area contributed by atoms with Crippen molar-refractivity contribution >= 4 is 5.97 Å². The molecular formula is C21H33NO3. The van der Waals surface area contributed by atoms with Gasteiger partial charge in [-0.25, -0.2) is 4.79 Å². The van der Waals surface area contributed by atoms with Gasteiger partial charge in [0.1, 0.15) is 6.61 Å². The van der Waals surface area contributed by atoms with Crippen molar-refractivity contribution in [3.63, 3.8) is 0 Å². The summed E-state index contributed by atoms with van der Waals surface area (Å²) in [5, 5.41) is 11.5. The van der Waals surface area contributed by atoms with E-state index in [-0.39, 0.29) is 5.92 Å². The number of hydrogen-bond donors (Lipinski definition) is 1. The molecule has 1 unspecified atom stereocenters. The lowest BCUT2D eigenvalue weighted by atomic mass is 9.73. The molecule has 1 aliphatic carbocycles. The van der Waals surface area contributed by atoms with E-state index in [0.29, 0.717) is 18.7 Å². The number of aryl methyl sites for hydroxylation is 1. The Morgan fingerprint density at radius 3 is 2.32 bits per heavy atom. The monoisotopic (exact) mass is 347 g/mol. The van der Waals surface area contributed by atoms with Crippen LogP contribution in [0.25, 0.3) is 0 Å². The number of carbonyl (C=O) groups excluding carboxylic acids is 1. The number of hydrogen-bond acceptors (Lipinski definition) is 4. The molecule has 0 amide bonds. The second-order valence-corrected chi connectivity index (χ2v) is 7.13. The number of likely N-dealkylation sites (N-methyl/N-ethyl adjacent to an activating group) is 1. The predicted molar refractivity (Wildman–Crippen MR) is 100 cm³/mol. The lowest BCUT2D eigenvalue weighted by molar-refractivity contribution is -0.176. The summed E-state index contributed by atoms with van der Waals surface area (Å²) in [7, 11) is 0. The van der Waals surface area contributed by atoms with Crippen molar-refractivity contribution in [3.05, 3.63) is 35.4 Å². The first kappa shape index (κ1) is 19.9. The molecule has 140 valence electrons. The first-order valence-electron chi connectivity index (χ1n) is 9.71. The molecule has 1 saturated carbocycles. The van der Waals surface area contributed by atoms with E-state index in [1.165, 1.54) is 6.42 Å². The van der Waals surface area contributed by atoms with Gasteiger partial charge >= 0.3 is 5.97 Å². The number of nitrogens with zero attached hydrogens (tertiary/aromatic N) is 1. The lowest BCUT2D eigenvalue weighted by Gasteiger charge is -2.37. The Bertz CT molecular complexity index is 533. The van der Waals surface area contributed by atoms with Crippen LogP contribution in [0.1, 0.15) is 57.1 Å². The van der Waals surface area contributed by atoms with Crippen LogP contribution in [0.4, 0.5) is 0 Å². The third kappa shape index (κ3) is 4.83. The number of esters is 1. The number of benzene rings is 1. The second-order valence-electron chi connectivity index (χ2n) is 7.13. The summed E-state index contributed by atoms with van der Waals surface area (Å²) in [6.45, 7) is 9.07. The molecule has 0 spiro atoms. The highest BCUT2D eigenvalue weighted by molar-refractivity contribution is 5.81. The highest BCUT2D eigenvalue weighted by atomic mass is 16.5. The summed E-state index contributed by atoms with van der Waals surface area (Å²) in [5.74, 6) is -0.555. The molecule has 0 aromatic heterocycles. The molecule has 0 radical (unpaired) electrons. The Hall–Kier alpha value is -1.39. The number of aliphatic hydroxyl groups is 1. The van der Waals surface area contributed by atoms with Gasteiger partial charge in [-0.1, -0.05) is 62.9 Å². The van der Waals surface area contributed by atoms with E-state index in [1.54, 1.807) is 0 Å². The Labute approximate surface area is 152 Å². The van der Waals surface area contributed by atoms with Crippen LogP contribution >= 0.6 is 0 Å². The number of carbonyl (C=O) groups is 1. The molecule has 4 nitrogen and oxygen atoms in total. The van der Waals surface area contributed by atoms with Crippen LogP contribution in [-0.2, 0) is 15.1 Å². The van der Waals surface area contributed by atoms with Crippen molar-refractivity contribution in [1.29, 1.82) is 0 Å². The number of rotatable bonds is 8. The van der Waals surface area contributed by atoms with Crippen LogP contribution in [0.15, 0.2) is 24.3 Å². The van der Waals surface area contributed by atoms with Gasteiger partial charge in [-0.15, -0.1) is 0 Å². The summed E-state index contributed by atoms with van der Waals surface area (Å²) >= 11 is 0. The highest BCUT2D eigenvalue weighted by Gasteiger charge is 2.47. The quantitative estimate of drug-likeness (QED) is 0.729. The fourth-order valence-corrected chi connectivity index (χ4v) is 3.77. The van der Waals surface area contributed by atoms with E-state index in [0.717, 1.165) is 44.3 Å². The molecule has 0 aliphatic heterocycles. The third-order valence-corrected chi connectivity index (χ3v) is 5.53. The topological polar surface area (TPSA) is 49.8 Å². The molecule has 2 rings (SSSR count). The van der Waals surface area contributed by atoms with Crippen molar-refractivity contribution in [2.24, 2.45) is 5.92 Å². The smallest absolute Gasteiger partial charge is 0.343 e. The summed E-state index contributed by atoms with van der Waals surface area (Å²) in [6.07, 6.45) is 5.04. The summed E-state index contributed by atoms with van der Waals surface area (Å²) in [5.41, 5.74) is 0.250. The van der Waals surface area contributed by atoms with Crippen molar-refractivity contribution in [1.82, 2.24) is 4.90 Å². The highest BCUT2D eigenvalue weighted by Crippen LogP contribution is 2.40. The zero-order chi connectivity index (χ0) is 18.3. The van der Waals surface area contributed by atoms with Crippen LogP contribution in [-0.4, -0.2) is 42.2 Å². The van der Waals surface area contributed by atoms with E-state index in [9.17, 15) is 9.90 Å². The standard InChI is InChI=1S/C21H33NO3/c1-4-22(5-2)15-16-25-20(23)21(24,18-9-7-6-8-10-18)19-13-11-17(3)12-14-19/h11-14,18,24H,4-10,15-16H2,1-3H3. The maximum absolute atomic E-state index is 12.9. The summed E-state index contributed by atoms with van der Waals surface area (Å²) in [4.78, 5) is 15.1. The molecule has 1 atom stereocenters. The van der Waals surface area contributed by atoms with Gasteiger partial charge in [0.25, 0.3) is 0 Å². The summed E-state index contributed by atoms with van der Waals surface area (Å²) in [6, 6.07) is 7.64. The predicted octanol–water partition coefficient (Wildman–Crippen LogP) is 3.65. The van der Waals surface area contributed by atoms with Gasteiger partial charge in [-0.05, 0) is 38.4 Å². The van der Waals surface area contributed by atoms with Gasteiger partial charge in [0.15, 0.2) is 5.60 Å². The average molecular weight is 347 g/mol. The van der Waals surface area contributed by atoms with E-state index in [1.807, 2.05) is 31.2 Å². The zero-order valence-electron chi connectivity index (χ0n) is 16.0. The van der Waals surface area contributed by atoms with E-state index in [2.05, 4.69) is 18.7 Å². The summed E-state index contributed by atoms with van der Waals surface area (Å²) < 4.78 is 5.55. The lowest BCUT2D eigenvalue weighted by Crippen LogP contribution is -2.45. The van der Waals surface area contributed by atoms with E-state index >= 15 is 0 Å². The average Bonchev–Trinajstić information content (AvgIpc) is 2.65. The van der Waals surface area contributed by atoms with Crippen LogP contribution in [0.5, 0.6) is 0 Å². The largest absolute Gasteiger partial charge is 0.462 e. The van der Waals surface area contributed by atoms with Gasteiger partial charge in [0, 0.05) is 12.5 Å². The van der Waals surface area contributed by atoms with Gasteiger partial charge < -0.3 is 14.7 Å². The fraction of sp³-hybridized carbons (Fsp3) is 0.667. The molecule has 0 heterocycles. The first-order valence-corrected chi connectivity index (χ1v) is 9.71. The van der Waals surface area contributed by atoms with Gasteiger partial charge in [-0.2, -0.15) is 0 Å². The Morgan fingerprint density at radius 1 is 1.16 bits per heavy atom. The maximum Gasteiger partial charge on any atom is 0.343 e. The van der Waals surface area contributed by atoms with Crippen LogP contribution < -0.4 is 0 Å². The fourth-order valence-electron chi connectivity index (χ4n) is 3.77. The van der Waals surface area contributed by atoms with Crippen LogP contribution in [0, 0.1) is 12.8 Å². The second kappa shape index (κ2) is 9.35. The minimum Gasteiger partial charge on any atom is -0.462 e. The van der Waals surface area contributed by atoms with Crippen molar-refractivity contribution < 1.29 is 14.6 Å². The van der Waals surface area contributed by atoms with Gasteiger partial charge in [-0.3, -0.25) is 0 Å². The van der Waals surface area contributed by atoms with Crippen molar-refractivity contribution in [2.45, 2.75) is 58.5 Å². The molecular weight excluding hydrogens is 314 g/mol.